The highest BCUT2D eigenvalue weighted by atomic mass is 35.5. The minimum Gasteiger partial charge on any atom is -0.353 e. The molecule has 2 aromatic rings. The molecule has 0 amide bonds. The molecule has 0 saturated carbocycles. The minimum absolute atomic E-state index is 0.366. The summed E-state index contributed by atoms with van der Waals surface area (Å²) in [6, 6.07) is 2.77. The van der Waals surface area contributed by atoms with E-state index in [1.54, 1.807) is 11.3 Å². The van der Waals surface area contributed by atoms with Crippen molar-refractivity contribution in [2.24, 2.45) is 0 Å². The predicted molar refractivity (Wildman–Crippen MR) is 82.4 cm³/mol. The molecule has 0 aliphatic carbocycles. The van der Waals surface area contributed by atoms with Crippen LogP contribution in [0.15, 0.2) is 6.07 Å². The molecule has 0 radical (unpaired) electrons. The van der Waals surface area contributed by atoms with E-state index in [1.165, 1.54) is 24.1 Å². The number of halogens is 1. The second-order valence-corrected chi connectivity index (χ2v) is 6.72. The number of aryl methyl sites for hydroxylation is 1. The van der Waals surface area contributed by atoms with E-state index in [0.717, 1.165) is 29.0 Å². The van der Waals surface area contributed by atoms with Crippen molar-refractivity contribution in [2.45, 2.75) is 45.6 Å². The molecule has 0 spiro atoms. The van der Waals surface area contributed by atoms with Crippen molar-refractivity contribution in [3.05, 3.63) is 16.2 Å². The van der Waals surface area contributed by atoms with E-state index in [2.05, 4.69) is 34.8 Å². The number of hydrogen-bond donors (Lipinski definition) is 0. The number of fused-ring (bicyclic) bond motifs is 1. The summed E-state index contributed by atoms with van der Waals surface area (Å²) in [5.74, 6) is 1.03. The Hall–Kier alpha value is -0.870. The lowest BCUT2D eigenvalue weighted by Crippen LogP contribution is -2.39. The Kier molecular flexibility index (Phi) is 3.63. The first kappa shape index (κ1) is 13.1. The lowest BCUT2D eigenvalue weighted by atomic mass is 10.00. The maximum Gasteiger partial charge on any atom is 0.225 e. The van der Waals surface area contributed by atoms with Crippen LogP contribution >= 0.6 is 22.9 Å². The molecule has 5 heteroatoms. The molecule has 3 nitrogen and oxygen atoms in total. The van der Waals surface area contributed by atoms with E-state index >= 15 is 0 Å². The van der Waals surface area contributed by atoms with Gasteiger partial charge in [-0.1, -0.05) is 6.92 Å². The Morgan fingerprint density at radius 2 is 2.26 bits per heavy atom. The van der Waals surface area contributed by atoms with Crippen LogP contribution in [0.1, 0.15) is 37.5 Å². The van der Waals surface area contributed by atoms with E-state index in [-0.39, 0.29) is 0 Å². The fourth-order valence-corrected chi connectivity index (χ4v) is 4.01. The first-order valence-electron chi connectivity index (χ1n) is 6.89. The smallest absolute Gasteiger partial charge is 0.225 e. The zero-order chi connectivity index (χ0) is 13.4. The first-order valence-corrected chi connectivity index (χ1v) is 8.09. The molecule has 0 bridgehead atoms. The zero-order valence-corrected chi connectivity index (χ0v) is 12.9. The molecule has 1 unspecified atom stereocenters. The highest BCUT2D eigenvalue weighted by Crippen LogP contribution is 2.35. The Morgan fingerprint density at radius 3 is 3.05 bits per heavy atom. The normalized spacial score (nSPS) is 20.2. The van der Waals surface area contributed by atoms with Crippen molar-refractivity contribution >= 4 is 39.0 Å². The molecule has 1 aliphatic rings. The third kappa shape index (κ3) is 2.43. The predicted octanol–water partition coefficient (Wildman–Crippen LogP) is 4.42. The maximum atomic E-state index is 6.10. The zero-order valence-electron chi connectivity index (χ0n) is 11.3. The van der Waals surface area contributed by atoms with Crippen LogP contribution in [-0.2, 0) is 0 Å². The standard InChI is InChI=1S/C14H18ClN3S/c1-3-10-6-4-5-7-18(10)12-11-8-9(2)19-13(11)17-14(15)16-12/h8,10H,3-7H2,1-2H3. The van der Waals surface area contributed by atoms with Gasteiger partial charge in [0.1, 0.15) is 10.6 Å². The first-order chi connectivity index (χ1) is 9.19. The van der Waals surface area contributed by atoms with E-state index in [4.69, 9.17) is 11.6 Å². The van der Waals surface area contributed by atoms with Gasteiger partial charge in [0.15, 0.2) is 0 Å². The number of piperidine rings is 1. The quantitative estimate of drug-likeness (QED) is 0.768. The second-order valence-electron chi connectivity index (χ2n) is 5.14. The Morgan fingerprint density at radius 1 is 1.42 bits per heavy atom. The van der Waals surface area contributed by atoms with Crippen molar-refractivity contribution < 1.29 is 0 Å². The molecular weight excluding hydrogens is 278 g/mol. The van der Waals surface area contributed by atoms with Gasteiger partial charge < -0.3 is 4.90 Å². The van der Waals surface area contributed by atoms with Gasteiger partial charge in [-0.05, 0) is 50.3 Å². The number of hydrogen-bond acceptors (Lipinski definition) is 4. The lowest BCUT2D eigenvalue weighted by Gasteiger charge is -2.36. The summed E-state index contributed by atoms with van der Waals surface area (Å²) >= 11 is 7.79. The van der Waals surface area contributed by atoms with Crippen molar-refractivity contribution in [3.8, 4) is 0 Å². The van der Waals surface area contributed by atoms with Crippen molar-refractivity contribution in [1.29, 1.82) is 0 Å². The summed E-state index contributed by atoms with van der Waals surface area (Å²) in [5, 5.41) is 1.53. The number of aromatic nitrogens is 2. The molecule has 2 aromatic heterocycles. The molecule has 1 fully saturated rings. The minimum atomic E-state index is 0.366. The summed E-state index contributed by atoms with van der Waals surface area (Å²) in [6.07, 6.45) is 4.97. The van der Waals surface area contributed by atoms with E-state index in [9.17, 15) is 0 Å². The van der Waals surface area contributed by atoms with Gasteiger partial charge in [-0.3, -0.25) is 0 Å². The van der Waals surface area contributed by atoms with Gasteiger partial charge in [0, 0.05) is 17.5 Å². The number of anilines is 1. The molecular formula is C14H18ClN3S. The highest BCUT2D eigenvalue weighted by Gasteiger charge is 2.24. The Balaban J connectivity index is 2.12. The van der Waals surface area contributed by atoms with Crippen LogP contribution in [0.3, 0.4) is 0 Å². The number of nitrogens with zero attached hydrogens (tertiary/aromatic N) is 3. The number of rotatable bonds is 2. The van der Waals surface area contributed by atoms with Crippen molar-refractivity contribution in [3.63, 3.8) is 0 Å². The third-order valence-electron chi connectivity index (χ3n) is 3.84. The Bertz CT molecular complexity index is 596. The largest absolute Gasteiger partial charge is 0.353 e. The highest BCUT2D eigenvalue weighted by molar-refractivity contribution is 7.18. The van der Waals surface area contributed by atoms with Crippen LogP contribution in [-0.4, -0.2) is 22.6 Å². The van der Waals surface area contributed by atoms with Gasteiger partial charge in [-0.15, -0.1) is 11.3 Å². The number of thiophene rings is 1. The van der Waals surface area contributed by atoms with Crippen LogP contribution in [0.5, 0.6) is 0 Å². The molecule has 19 heavy (non-hydrogen) atoms. The summed E-state index contributed by atoms with van der Waals surface area (Å²) in [5.41, 5.74) is 0. The van der Waals surface area contributed by atoms with Crippen molar-refractivity contribution in [1.82, 2.24) is 9.97 Å². The molecule has 3 heterocycles. The molecule has 0 aromatic carbocycles. The van der Waals surface area contributed by atoms with Gasteiger partial charge in [-0.2, -0.15) is 4.98 Å². The summed E-state index contributed by atoms with van der Waals surface area (Å²) in [7, 11) is 0. The fourth-order valence-electron chi connectivity index (χ4n) is 2.92. The molecule has 1 saturated heterocycles. The average molecular weight is 296 g/mol. The molecule has 1 atom stereocenters. The van der Waals surface area contributed by atoms with E-state index in [1.807, 2.05) is 0 Å². The van der Waals surface area contributed by atoms with Crippen LogP contribution in [0.2, 0.25) is 5.28 Å². The molecule has 0 N–H and O–H groups in total. The Labute approximate surface area is 122 Å². The SMILES string of the molecule is CCC1CCCCN1c1nc(Cl)nc2sc(C)cc12. The van der Waals surface area contributed by atoms with Crippen LogP contribution in [0.25, 0.3) is 10.2 Å². The summed E-state index contributed by atoms with van der Waals surface area (Å²) in [4.78, 5) is 13.6. The second kappa shape index (κ2) is 5.25. The summed E-state index contributed by atoms with van der Waals surface area (Å²) in [6.45, 7) is 5.44. The monoisotopic (exact) mass is 295 g/mol. The summed E-state index contributed by atoms with van der Waals surface area (Å²) < 4.78 is 0. The van der Waals surface area contributed by atoms with Gasteiger partial charge >= 0.3 is 0 Å². The maximum absolute atomic E-state index is 6.10. The van der Waals surface area contributed by atoms with Crippen LogP contribution in [0.4, 0.5) is 5.82 Å². The molecule has 1 aliphatic heterocycles. The lowest BCUT2D eigenvalue weighted by molar-refractivity contribution is 0.448. The van der Waals surface area contributed by atoms with Crippen LogP contribution in [0, 0.1) is 6.92 Å². The van der Waals surface area contributed by atoms with E-state index in [0.29, 0.717) is 11.3 Å². The van der Waals surface area contributed by atoms with Gasteiger partial charge in [0.05, 0.1) is 5.39 Å². The topological polar surface area (TPSA) is 29.0 Å². The average Bonchev–Trinajstić information content (AvgIpc) is 2.77. The van der Waals surface area contributed by atoms with Crippen LogP contribution < -0.4 is 4.90 Å². The molecule has 3 rings (SSSR count). The van der Waals surface area contributed by atoms with E-state index < -0.39 is 0 Å². The fraction of sp³-hybridized carbons (Fsp3) is 0.571. The van der Waals surface area contributed by atoms with Gasteiger partial charge in [0.25, 0.3) is 0 Å². The van der Waals surface area contributed by atoms with Crippen molar-refractivity contribution in [2.75, 3.05) is 11.4 Å². The van der Waals surface area contributed by atoms with Gasteiger partial charge in [0.2, 0.25) is 5.28 Å². The van der Waals surface area contributed by atoms with Gasteiger partial charge in [-0.25, -0.2) is 4.98 Å². The third-order valence-corrected chi connectivity index (χ3v) is 4.95. The molecule has 102 valence electrons.